The highest BCUT2D eigenvalue weighted by molar-refractivity contribution is 6.31. The van der Waals surface area contributed by atoms with E-state index in [2.05, 4.69) is 33.0 Å². The lowest BCUT2D eigenvalue weighted by Gasteiger charge is -2.39. The molecule has 2 aromatic heterocycles. The summed E-state index contributed by atoms with van der Waals surface area (Å²) in [4.78, 5) is 11.1. The molecule has 0 atom stereocenters. The lowest BCUT2D eigenvalue weighted by atomic mass is 9.84. The third-order valence-electron chi connectivity index (χ3n) is 5.08. The van der Waals surface area contributed by atoms with Crippen molar-refractivity contribution in [3.8, 4) is 0 Å². The highest BCUT2D eigenvalue weighted by Crippen LogP contribution is 2.37. The second-order valence-corrected chi connectivity index (χ2v) is 7.23. The standard InChI is InChI=1S/C19H22ClN5O/c1-2-5-14-12-17(25-18(23-14)21-13-22-25)24-10-8-19(26,9-11-24)15-6-3-4-7-16(15)20/h3-4,6-7,12-13,26H,2,5,8-11H2,1H3. The number of nitrogens with zero attached hydrogens (tertiary/aromatic N) is 5. The van der Waals surface area contributed by atoms with Crippen LogP contribution in [0.3, 0.4) is 0 Å². The first-order valence-electron chi connectivity index (χ1n) is 9.03. The molecule has 0 amide bonds. The second-order valence-electron chi connectivity index (χ2n) is 6.83. The summed E-state index contributed by atoms with van der Waals surface area (Å²) in [6.45, 7) is 3.57. The molecule has 0 spiro atoms. The minimum absolute atomic E-state index is 0.609. The molecule has 4 rings (SSSR count). The highest BCUT2D eigenvalue weighted by atomic mass is 35.5. The third kappa shape index (κ3) is 3.04. The normalized spacial score (nSPS) is 17.0. The largest absolute Gasteiger partial charge is 0.385 e. The molecule has 1 aromatic carbocycles. The van der Waals surface area contributed by atoms with Crippen molar-refractivity contribution in [2.24, 2.45) is 0 Å². The first-order chi connectivity index (χ1) is 12.6. The fraction of sp³-hybridized carbons (Fsp3) is 0.421. The predicted molar refractivity (Wildman–Crippen MR) is 102 cm³/mol. The Bertz CT molecular complexity index is 917. The highest BCUT2D eigenvalue weighted by Gasteiger charge is 2.36. The van der Waals surface area contributed by atoms with Crippen molar-refractivity contribution in [2.75, 3.05) is 18.0 Å². The molecule has 3 aromatic rings. The number of benzene rings is 1. The molecule has 136 valence electrons. The van der Waals surface area contributed by atoms with Gasteiger partial charge in [-0.05, 0) is 25.3 Å². The van der Waals surface area contributed by atoms with Gasteiger partial charge in [-0.2, -0.15) is 14.6 Å². The number of halogens is 1. The van der Waals surface area contributed by atoms with Crippen LogP contribution in [-0.2, 0) is 12.0 Å². The molecule has 1 fully saturated rings. The molecule has 6 nitrogen and oxygen atoms in total. The maximum atomic E-state index is 11.1. The van der Waals surface area contributed by atoms with E-state index < -0.39 is 5.60 Å². The Hall–Kier alpha value is -2.18. The fourth-order valence-electron chi connectivity index (χ4n) is 3.67. The lowest BCUT2D eigenvalue weighted by molar-refractivity contribution is 0.0117. The van der Waals surface area contributed by atoms with Crippen molar-refractivity contribution in [1.29, 1.82) is 0 Å². The van der Waals surface area contributed by atoms with Gasteiger partial charge in [0.2, 0.25) is 0 Å². The molecule has 1 aliphatic rings. The summed E-state index contributed by atoms with van der Waals surface area (Å²) >= 11 is 6.32. The van der Waals surface area contributed by atoms with Crippen LogP contribution in [0.2, 0.25) is 5.02 Å². The minimum Gasteiger partial charge on any atom is -0.385 e. The Morgan fingerprint density at radius 1 is 1.23 bits per heavy atom. The van der Waals surface area contributed by atoms with Crippen LogP contribution < -0.4 is 4.90 Å². The van der Waals surface area contributed by atoms with Crippen molar-refractivity contribution in [2.45, 2.75) is 38.2 Å². The molecule has 1 saturated heterocycles. The van der Waals surface area contributed by atoms with Crippen molar-refractivity contribution in [3.05, 3.63) is 52.9 Å². The van der Waals surface area contributed by atoms with Gasteiger partial charge in [-0.3, -0.25) is 0 Å². The predicted octanol–water partition coefficient (Wildman–Crippen LogP) is 3.22. The van der Waals surface area contributed by atoms with Crippen molar-refractivity contribution in [1.82, 2.24) is 19.6 Å². The van der Waals surface area contributed by atoms with E-state index in [0.717, 1.165) is 29.9 Å². The number of anilines is 1. The van der Waals surface area contributed by atoms with Gasteiger partial charge in [-0.1, -0.05) is 43.1 Å². The summed E-state index contributed by atoms with van der Waals surface area (Å²) in [6, 6.07) is 9.65. The molecule has 0 bridgehead atoms. The number of piperidine rings is 1. The van der Waals surface area contributed by atoms with Gasteiger partial charge >= 0.3 is 0 Å². The Morgan fingerprint density at radius 3 is 2.73 bits per heavy atom. The molecule has 26 heavy (non-hydrogen) atoms. The SMILES string of the molecule is CCCc1cc(N2CCC(O)(c3ccccc3Cl)CC2)n2ncnc2n1. The molecule has 7 heteroatoms. The average Bonchev–Trinajstić information content (AvgIpc) is 3.11. The minimum atomic E-state index is -0.893. The van der Waals surface area contributed by atoms with Gasteiger partial charge in [-0.25, -0.2) is 4.98 Å². The number of hydrogen-bond donors (Lipinski definition) is 1. The van der Waals surface area contributed by atoms with E-state index >= 15 is 0 Å². The van der Waals surface area contributed by atoms with Gasteiger partial charge in [0.25, 0.3) is 5.78 Å². The molecular weight excluding hydrogens is 350 g/mol. The molecular formula is C19H22ClN5O. The summed E-state index contributed by atoms with van der Waals surface area (Å²) in [7, 11) is 0. The smallest absolute Gasteiger partial charge is 0.254 e. The van der Waals surface area contributed by atoms with Gasteiger partial charge in [0.05, 0.1) is 5.60 Å². The van der Waals surface area contributed by atoms with Crippen LogP contribution in [0.1, 0.15) is 37.4 Å². The Morgan fingerprint density at radius 2 is 2.00 bits per heavy atom. The van der Waals surface area contributed by atoms with Crippen LogP contribution in [0.5, 0.6) is 0 Å². The maximum absolute atomic E-state index is 11.1. The zero-order valence-electron chi connectivity index (χ0n) is 14.8. The fourth-order valence-corrected chi connectivity index (χ4v) is 3.98. The van der Waals surface area contributed by atoms with E-state index in [1.54, 1.807) is 4.52 Å². The van der Waals surface area contributed by atoms with Gasteiger partial charge < -0.3 is 10.0 Å². The number of aryl methyl sites for hydroxylation is 1. The second kappa shape index (κ2) is 6.85. The summed E-state index contributed by atoms with van der Waals surface area (Å²) in [5.41, 5.74) is 0.943. The van der Waals surface area contributed by atoms with Crippen molar-refractivity contribution < 1.29 is 5.11 Å². The Labute approximate surface area is 157 Å². The van der Waals surface area contributed by atoms with Gasteiger partial charge in [-0.15, -0.1) is 0 Å². The number of aromatic nitrogens is 4. The quantitative estimate of drug-likeness (QED) is 0.762. The number of hydrogen-bond acceptors (Lipinski definition) is 5. The topological polar surface area (TPSA) is 66.5 Å². The number of fused-ring (bicyclic) bond motifs is 1. The summed E-state index contributed by atoms with van der Waals surface area (Å²) < 4.78 is 1.78. The van der Waals surface area contributed by atoms with Crippen LogP contribution in [0.4, 0.5) is 5.82 Å². The van der Waals surface area contributed by atoms with E-state index in [-0.39, 0.29) is 0 Å². The molecule has 0 aliphatic carbocycles. The van der Waals surface area contributed by atoms with Crippen LogP contribution in [-0.4, -0.2) is 37.8 Å². The molecule has 0 radical (unpaired) electrons. The first-order valence-corrected chi connectivity index (χ1v) is 9.40. The van der Waals surface area contributed by atoms with E-state index in [0.29, 0.717) is 36.7 Å². The molecule has 0 saturated carbocycles. The lowest BCUT2D eigenvalue weighted by Crippen LogP contribution is -2.43. The molecule has 1 N–H and O–H groups in total. The average molecular weight is 372 g/mol. The van der Waals surface area contributed by atoms with E-state index in [4.69, 9.17) is 11.6 Å². The third-order valence-corrected chi connectivity index (χ3v) is 5.41. The number of rotatable bonds is 4. The Balaban J connectivity index is 1.61. The number of aliphatic hydroxyl groups is 1. The van der Waals surface area contributed by atoms with Crippen LogP contribution in [0.25, 0.3) is 5.78 Å². The molecule has 1 aliphatic heterocycles. The van der Waals surface area contributed by atoms with Crippen LogP contribution in [0, 0.1) is 0 Å². The summed E-state index contributed by atoms with van der Waals surface area (Å²) in [6.07, 6.45) is 4.69. The maximum Gasteiger partial charge on any atom is 0.254 e. The summed E-state index contributed by atoms with van der Waals surface area (Å²) in [5.74, 6) is 1.61. The van der Waals surface area contributed by atoms with Crippen molar-refractivity contribution >= 4 is 23.2 Å². The zero-order chi connectivity index (χ0) is 18.1. The van der Waals surface area contributed by atoms with E-state index in [1.165, 1.54) is 6.33 Å². The van der Waals surface area contributed by atoms with Crippen molar-refractivity contribution in [3.63, 3.8) is 0 Å². The Kier molecular flexibility index (Phi) is 4.54. The van der Waals surface area contributed by atoms with E-state index in [1.807, 2.05) is 24.3 Å². The zero-order valence-corrected chi connectivity index (χ0v) is 15.5. The van der Waals surface area contributed by atoms with E-state index in [9.17, 15) is 5.11 Å². The van der Waals surface area contributed by atoms with Crippen LogP contribution >= 0.6 is 11.6 Å². The van der Waals surface area contributed by atoms with Gasteiger partial charge in [0.15, 0.2) is 0 Å². The van der Waals surface area contributed by atoms with Gasteiger partial charge in [0.1, 0.15) is 12.1 Å². The van der Waals surface area contributed by atoms with Gasteiger partial charge in [0, 0.05) is 35.4 Å². The molecule has 3 heterocycles. The monoisotopic (exact) mass is 371 g/mol. The first kappa shape index (κ1) is 17.2. The molecule has 0 unspecified atom stereocenters. The summed E-state index contributed by atoms with van der Waals surface area (Å²) in [5, 5.41) is 16.1. The van der Waals surface area contributed by atoms with Crippen LogP contribution in [0.15, 0.2) is 36.7 Å².